The number of likely N-dealkylation sites (N-methyl/N-ethyl adjacent to an activating group) is 1. The molecular formula is C27H35FN6O3. The highest BCUT2D eigenvalue weighted by molar-refractivity contribution is 5.92. The lowest BCUT2D eigenvalue weighted by molar-refractivity contribution is 0.0930. The van der Waals surface area contributed by atoms with Crippen LogP contribution in [0.3, 0.4) is 0 Å². The maximum absolute atomic E-state index is 15.7. The molecule has 1 saturated heterocycles. The lowest BCUT2D eigenvalue weighted by Crippen LogP contribution is -2.43. The molecule has 0 atom stereocenters. The number of aromatic hydroxyl groups is 2. The van der Waals surface area contributed by atoms with Gasteiger partial charge in [-0.1, -0.05) is 19.9 Å². The Morgan fingerprint density at radius 1 is 1.03 bits per heavy atom. The molecule has 9 nitrogen and oxygen atoms in total. The van der Waals surface area contributed by atoms with Crippen LogP contribution < -0.4 is 5.32 Å². The molecule has 37 heavy (non-hydrogen) atoms. The third kappa shape index (κ3) is 5.75. The van der Waals surface area contributed by atoms with Gasteiger partial charge in [-0.25, -0.2) is 4.39 Å². The molecule has 1 aromatic heterocycles. The summed E-state index contributed by atoms with van der Waals surface area (Å²) in [6, 6.07) is 7.57. The molecule has 0 saturated carbocycles. The fourth-order valence-corrected chi connectivity index (χ4v) is 4.49. The number of halogens is 1. The summed E-state index contributed by atoms with van der Waals surface area (Å²) in [5.74, 6) is -1.42. The standard InChI is InChI=1S/C27H35FN6O3/c1-16(2)19-13-20(24(36)14-23(19)35)25-30-31-26(27(37)29-17(3)4)34(25)22-7-6-18(12-21(22)28)15-33-10-8-32(5)9-11-33/h6-7,12-14,16-17,35-36H,8-11,15H2,1-5H3,(H,29,37). The highest BCUT2D eigenvalue weighted by Gasteiger charge is 2.26. The summed E-state index contributed by atoms with van der Waals surface area (Å²) in [7, 11) is 2.09. The topological polar surface area (TPSA) is 107 Å². The molecule has 0 unspecified atom stereocenters. The molecule has 1 amide bonds. The van der Waals surface area contributed by atoms with Crippen molar-refractivity contribution < 1.29 is 19.4 Å². The third-order valence-electron chi connectivity index (χ3n) is 6.55. The van der Waals surface area contributed by atoms with Crippen LogP contribution in [0.1, 0.15) is 55.4 Å². The number of hydrogen-bond donors (Lipinski definition) is 3. The van der Waals surface area contributed by atoms with Crippen molar-refractivity contribution in [1.29, 1.82) is 0 Å². The van der Waals surface area contributed by atoms with Crippen molar-refractivity contribution in [3.63, 3.8) is 0 Å². The first-order chi connectivity index (χ1) is 17.5. The molecule has 0 spiro atoms. The molecule has 1 fully saturated rings. The molecule has 0 aliphatic carbocycles. The second-order valence-electron chi connectivity index (χ2n) is 10.3. The van der Waals surface area contributed by atoms with E-state index in [1.807, 2.05) is 33.8 Å². The SMILES string of the molecule is CC(C)NC(=O)c1nnc(-c2cc(C(C)C)c(O)cc2O)n1-c1ccc(CN2CCN(C)CC2)cc1F. The molecule has 4 rings (SSSR count). The second-order valence-corrected chi connectivity index (χ2v) is 10.3. The molecule has 1 aliphatic heterocycles. The number of carbonyl (C=O) groups is 1. The van der Waals surface area contributed by atoms with Crippen molar-refractivity contribution in [3.8, 4) is 28.6 Å². The minimum absolute atomic E-state index is 0.0509. The number of carbonyl (C=O) groups excluding carboxylic acids is 1. The molecule has 198 valence electrons. The Morgan fingerprint density at radius 2 is 1.73 bits per heavy atom. The van der Waals surface area contributed by atoms with Crippen LogP contribution in [-0.4, -0.2) is 80.0 Å². The van der Waals surface area contributed by atoms with Gasteiger partial charge in [0.15, 0.2) is 5.82 Å². The lowest BCUT2D eigenvalue weighted by atomic mass is 9.98. The minimum atomic E-state index is -0.534. The zero-order valence-electron chi connectivity index (χ0n) is 22.0. The van der Waals surface area contributed by atoms with Crippen LogP contribution in [0.15, 0.2) is 30.3 Å². The number of nitrogens with zero attached hydrogens (tertiary/aromatic N) is 5. The normalized spacial score (nSPS) is 15.0. The summed E-state index contributed by atoms with van der Waals surface area (Å²) in [6.07, 6.45) is 0. The predicted octanol–water partition coefficient (Wildman–Crippen LogP) is 3.49. The Bertz CT molecular complexity index is 1280. The summed E-state index contributed by atoms with van der Waals surface area (Å²) >= 11 is 0. The Kier molecular flexibility index (Phi) is 7.79. The molecule has 3 aromatic rings. The van der Waals surface area contributed by atoms with Crippen molar-refractivity contribution in [3.05, 3.63) is 53.1 Å². The first kappa shape index (κ1) is 26.6. The van der Waals surface area contributed by atoms with Crippen LogP contribution >= 0.6 is 0 Å². The largest absolute Gasteiger partial charge is 0.508 e. The number of piperazine rings is 1. The molecular weight excluding hydrogens is 475 g/mol. The Labute approximate surface area is 216 Å². The summed E-state index contributed by atoms with van der Waals surface area (Å²) in [5.41, 5.74) is 1.73. The zero-order valence-corrected chi connectivity index (χ0v) is 22.0. The van der Waals surface area contributed by atoms with Gasteiger partial charge in [-0.3, -0.25) is 14.3 Å². The molecule has 1 aliphatic rings. The van der Waals surface area contributed by atoms with Crippen LogP contribution in [-0.2, 0) is 6.54 Å². The van der Waals surface area contributed by atoms with Crippen LogP contribution in [0, 0.1) is 5.82 Å². The predicted molar refractivity (Wildman–Crippen MR) is 140 cm³/mol. The summed E-state index contributed by atoms with van der Waals surface area (Å²) in [6.45, 7) is 11.8. The smallest absolute Gasteiger partial charge is 0.289 e. The molecule has 3 N–H and O–H groups in total. The number of phenolic OH excluding ortho intramolecular Hbond substituents is 2. The van der Waals surface area contributed by atoms with Crippen molar-refractivity contribution in [2.75, 3.05) is 33.2 Å². The average molecular weight is 511 g/mol. The van der Waals surface area contributed by atoms with Crippen LogP contribution in [0.5, 0.6) is 11.5 Å². The van der Waals surface area contributed by atoms with E-state index in [-0.39, 0.29) is 46.4 Å². The van der Waals surface area contributed by atoms with E-state index in [0.29, 0.717) is 12.1 Å². The van der Waals surface area contributed by atoms with E-state index < -0.39 is 11.7 Å². The zero-order chi connectivity index (χ0) is 26.9. The molecule has 0 radical (unpaired) electrons. The van der Waals surface area contributed by atoms with E-state index in [1.165, 1.54) is 16.7 Å². The van der Waals surface area contributed by atoms with Gasteiger partial charge in [-0.15, -0.1) is 10.2 Å². The molecule has 0 bridgehead atoms. The van der Waals surface area contributed by atoms with Gasteiger partial charge in [0.1, 0.15) is 17.3 Å². The van der Waals surface area contributed by atoms with Crippen molar-refractivity contribution in [1.82, 2.24) is 29.9 Å². The van der Waals surface area contributed by atoms with Gasteiger partial charge in [-0.05, 0) is 56.1 Å². The second kappa shape index (κ2) is 10.9. The molecule has 2 heterocycles. The minimum Gasteiger partial charge on any atom is -0.508 e. The van der Waals surface area contributed by atoms with Crippen LogP contribution in [0.4, 0.5) is 4.39 Å². The Morgan fingerprint density at radius 3 is 2.35 bits per heavy atom. The highest BCUT2D eigenvalue weighted by Crippen LogP contribution is 2.38. The summed E-state index contributed by atoms with van der Waals surface area (Å²) in [5, 5.41) is 32.0. The molecule has 10 heteroatoms. The van der Waals surface area contributed by atoms with Gasteiger partial charge >= 0.3 is 0 Å². The average Bonchev–Trinajstić information content (AvgIpc) is 3.25. The Hall–Kier alpha value is -3.50. The van der Waals surface area contributed by atoms with Crippen molar-refractivity contribution in [2.45, 2.75) is 46.2 Å². The van der Waals surface area contributed by atoms with Crippen LogP contribution in [0.2, 0.25) is 0 Å². The first-order valence-electron chi connectivity index (χ1n) is 12.6. The third-order valence-corrected chi connectivity index (χ3v) is 6.55. The summed E-state index contributed by atoms with van der Waals surface area (Å²) in [4.78, 5) is 17.6. The number of amides is 1. The number of phenols is 2. The summed E-state index contributed by atoms with van der Waals surface area (Å²) < 4.78 is 17.0. The van der Waals surface area contributed by atoms with Crippen molar-refractivity contribution in [2.24, 2.45) is 0 Å². The van der Waals surface area contributed by atoms with Gasteiger partial charge in [0.05, 0.1) is 11.3 Å². The maximum atomic E-state index is 15.7. The van der Waals surface area contributed by atoms with E-state index in [1.54, 1.807) is 12.1 Å². The maximum Gasteiger partial charge on any atom is 0.289 e. The van der Waals surface area contributed by atoms with E-state index in [2.05, 4.69) is 32.4 Å². The number of rotatable bonds is 7. The first-order valence-corrected chi connectivity index (χ1v) is 12.6. The fourth-order valence-electron chi connectivity index (χ4n) is 4.49. The lowest BCUT2D eigenvalue weighted by Gasteiger charge is -2.32. The van der Waals surface area contributed by atoms with Gasteiger partial charge in [0.25, 0.3) is 5.91 Å². The number of aromatic nitrogens is 3. The van der Waals surface area contributed by atoms with Crippen molar-refractivity contribution >= 4 is 5.91 Å². The highest BCUT2D eigenvalue weighted by atomic mass is 19.1. The number of hydrogen-bond acceptors (Lipinski definition) is 7. The monoisotopic (exact) mass is 510 g/mol. The Balaban J connectivity index is 1.79. The van der Waals surface area contributed by atoms with E-state index in [4.69, 9.17) is 0 Å². The van der Waals surface area contributed by atoms with Gasteiger partial charge < -0.3 is 20.4 Å². The van der Waals surface area contributed by atoms with Gasteiger partial charge in [0.2, 0.25) is 5.82 Å². The quantitative estimate of drug-likeness (QED) is 0.447. The fraction of sp³-hybridized carbons (Fsp3) is 0.444. The van der Waals surface area contributed by atoms with E-state index >= 15 is 4.39 Å². The van der Waals surface area contributed by atoms with Gasteiger partial charge in [0, 0.05) is 44.8 Å². The van der Waals surface area contributed by atoms with Crippen LogP contribution in [0.25, 0.3) is 17.1 Å². The van der Waals surface area contributed by atoms with E-state index in [0.717, 1.165) is 31.7 Å². The van der Waals surface area contributed by atoms with E-state index in [9.17, 15) is 15.0 Å². The van der Waals surface area contributed by atoms with Gasteiger partial charge in [-0.2, -0.15) is 0 Å². The number of benzene rings is 2. The molecule has 2 aromatic carbocycles. The number of nitrogens with one attached hydrogen (secondary N) is 1.